The molecule has 0 fully saturated rings. The molecule has 0 aliphatic heterocycles. The minimum atomic E-state index is 0.645. The molecular weight excluding hydrogens is 158 g/mol. The summed E-state index contributed by atoms with van der Waals surface area (Å²) in [6.45, 7) is 1.41. The maximum atomic E-state index is 5.64. The Morgan fingerprint density at radius 3 is 3.17 bits per heavy atom. The third-order valence-electron chi connectivity index (χ3n) is 1.44. The van der Waals surface area contributed by atoms with E-state index in [1.54, 1.807) is 13.3 Å². The van der Waals surface area contributed by atoms with Gasteiger partial charge in [-0.2, -0.15) is 10.3 Å². The molecule has 0 aromatic carbocycles. The Balaban J connectivity index is 2.25. The summed E-state index contributed by atoms with van der Waals surface area (Å²) in [5.74, 6) is 6.28. The van der Waals surface area contributed by atoms with Crippen molar-refractivity contribution in [3.63, 3.8) is 0 Å². The largest absolute Gasteiger partial charge is 0.385 e. The van der Waals surface area contributed by atoms with Crippen molar-refractivity contribution in [3.05, 3.63) is 6.20 Å². The monoisotopic (exact) mass is 171 g/mol. The van der Waals surface area contributed by atoms with Gasteiger partial charge in [0.1, 0.15) is 0 Å². The fourth-order valence-corrected chi connectivity index (χ4v) is 0.828. The number of aromatic nitrogens is 3. The Morgan fingerprint density at radius 1 is 1.75 bits per heavy atom. The van der Waals surface area contributed by atoms with Crippen molar-refractivity contribution in [1.29, 1.82) is 0 Å². The zero-order valence-corrected chi connectivity index (χ0v) is 7.03. The third-order valence-corrected chi connectivity index (χ3v) is 1.44. The van der Waals surface area contributed by atoms with E-state index in [4.69, 9.17) is 10.6 Å². The molecule has 0 amide bonds. The number of nitrogens with two attached hydrogens (primary N) is 1. The first kappa shape index (κ1) is 8.95. The molecule has 0 saturated carbocycles. The number of aromatic amines is 1. The lowest BCUT2D eigenvalue weighted by atomic mass is 10.4. The molecule has 6 heteroatoms. The van der Waals surface area contributed by atoms with E-state index in [1.165, 1.54) is 5.01 Å². The minimum Gasteiger partial charge on any atom is -0.385 e. The summed E-state index contributed by atoms with van der Waals surface area (Å²) >= 11 is 0. The van der Waals surface area contributed by atoms with Crippen molar-refractivity contribution < 1.29 is 4.74 Å². The van der Waals surface area contributed by atoms with Gasteiger partial charge in [0, 0.05) is 20.3 Å². The van der Waals surface area contributed by atoms with Gasteiger partial charge in [-0.05, 0) is 6.42 Å². The van der Waals surface area contributed by atoms with E-state index in [2.05, 4.69) is 15.4 Å². The van der Waals surface area contributed by atoms with Gasteiger partial charge in [0.2, 0.25) is 0 Å². The smallest absolute Gasteiger partial charge is 0.184 e. The first-order valence-electron chi connectivity index (χ1n) is 3.71. The highest BCUT2D eigenvalue weighted by molar-refractivity contribution is 5.30. The van der Waals surface area contributed by atoms with Crippen LogP contribution >= 0.6 is 0 Å². The molecule has 0 unspecified atom stereocenters. The standard InChI is InChI=1S/C6H13N5O/c1-12-4-2-3-11(7)6-5-8-10-9-6/h5H,2-4,7H2,1H3,(H,8,9,10). The first-order chi connectivity index (χ1) is 5.84. The number of nitrogens with zero attached hydrogens (tertiary/aromatic N) is 3. The Bertz CT molecular complexity index is 200. The fourth-order valence-electron chi connectivity index (χ4n) is 0.828. The van der Waals surface area contributed by atoms with Crippen LogP contribution in [0.3, 0.4) is 0 Å². The van der Waals surface area contributed by atoms with E-state index < -0.39 is 0 Å². The minimum absolute atomic E-state index is 0.645. The second-order valence-corrected chi connectivity index (χ2v) is 2.37. The topological polar surface area (TPSA) is 80.1 Å². The molecule has 1 rings (SSSR count). The quantitative estimate of drug-likeness (QED) is 0.355. The van der Waals surface area contributed by atoms with Crippen LogP contribution in [0.2, 0.25) is 0 Å². The highest BCUT2D eigenvalue weighted by Gasteiger charge is 2.02. The van der Waals surface area contributed by atoms with Gasteiger partial charge in [0.05, 0.1) is 6.20 Å². The number of hydrazine groups is 1. The number of ether oxygens (including phenoxy) is 1. The maximum Gasteiger partial charge on any atom is 0.184 e. The molecule has 0 atom stereocenters. The predicted molar refractivity (Wildman–Crippen MR) is 44.4 cm³/mol. The molecule has 1 heterocycles. The lowest BCUT2D eigenvalue weighted by Crippen LogP contribution is -2.32. The van der Waals surface area contributed by atoms with Gasteiger partial charge in [-0.15, -0.1) is 5.10 Å². The zero-order chi connectivity index (χ0) is 8.81. The molecule has 6 nitrogen and oxygen atoms in total. The van der Waals surface area contributed by atoms with Gasteiger partial charge in [0.15, 0.2) is 5.82 Å². The van der Waals surface area contributed by atoms with E-state index >= 15 is 0 Å². The molecule has 1 aromatic rings. The molecule has 0 saturated heterocycles. The molecule has 1 aromatic heterocycles. The van der Waals surface area contributed by atoms with Gasteiger partial charge >= 0.3 is 0 Å². The highest BCUT2D eigenvalue weighted by atomic mass is 16.5. The second kappa shape index (κ2) is 4.68. The van der Waals surface area contributed by atoms with Gasteiger partial charge < -0.3 is 4.74 Å². The van der Waals surface area contributed by atoms with Crippen LogP contribution in [-0.2, 0) is 4.74 Å². The summed E-state index contributed by atoms with van der Waals surface area (Å²) < 4.78 is 4.88. The molecule has 68 valence electrons. The Morgan fingerprint density at radius 2 is 2.58 bits per heavy atom. The molecule has 0 aliphatic rings. The molecule has 0 aliphatic carbocycles. The van der Waals surface area contributed by atoms with Crippen LogP contribution in [0.4, 0.5) is 5.82 Å². The third kappa shape index (κ3) is 2.48. The Kier molecular flexibility index (Phi) is 3.49. The van der Waals surface area contributed by atoms with Crippen molar-refractivity contribution in [3.8, 4) is 0 Å². The SMILES string of the molecule is COCCCN(N)c1cn[nH]n1. The second-order valence-electron chi connectivity index (χ2n) is 2.37. The van der Waals surface area contributed by atoms with Crippen LogP contribution < -0.4 is 10.9 Å². The number of nitrogens with one attached hydrogen (secondary N) is 1. The van der Waals surface area contributed by atoms with E-state index in [9.17, 15) is 0 Å². The molecule has 0 bridgehead atoms. The van der Waals surface area contributed by atoms with Crippen molar-refractivity contribution in [2.45, 2.75) is 6.42 Å². The van der Waals surface area contributed by atoms with Crippen molar-refractivity contribution >= 4 is 5.82 Å². The van der Waals surface area contributed by atoms with Crippen LogP contribution in [0.25, 0.3) is 0 Å². The molecular formula is C6H13N5O. The summed E-state index contributed by atoms with van der Waals surface area (Å²) in [5, 5.41) is 11.5. The number of hydrogen-bond donors (Lipinski definition) is 2. The normalized spacial score (nSPS) is 10.2. The summed E-state index contributed by atoms with van der Waals surface area (Å²) in [5.41, 5.74) is 0. The van der Waals surface area contributed by atoms with Gasteiger partial charge in [-0.3, -0.25) is 5.01 Å². The van der Waals surface area contributed by atoms with Crippen molar-refractivity contribution in [2.24, 2.45) is 5.84 Å². The summed E-state index contributed by atoms with van der Waals surface area (Å²) in [6.07, 6.45) is 2.45. The Labute approximate surface area is 70.7 Å². The average Bonchev–Trinajstić information content (AvgIpc) is 2.56. The molecule has 12 heavy (non-hydrogen) atoms. The number of H-pyrrole nitrogens is 1. The van der Waals surface area contributed by atoms with Crippen LogP contribution in [0.1, 0.15) is 6.42 Å². The molecule has 0 radical (unpaired) electrons. The lowest BCUT2D eigenvalue weighted by molar-refractivity contribution is 0.196. The number of methoxy groups -OCH3 is 1. The lowest BCUT2D eigenvalue weighted by Gasteiger charge is -2.13. The van der Waals surface area contributed by atoms with Gasteiger partial charge in [-0.1, -0.05) is 0 Å². The summed E-state index contributed by atoms with van der Waals surface area (Å²) in [7, 11) is 1.66. The number of rotatable bonds is 5. The molecule has 0 spiro atoms. The van der Waals surface area contributed by atoms with Crippen molar-refractivity contribution in [2.75, 3.05) is 25.3 Å². The average molecular weight is 171 g/mol. The fraction of sp³-hybridized carbons (Fsp3) is 0.667. The van der Waals surface area contributed by atoms with Crippen LogP contribution in [0.15, 0.2) is 6.20 Å². The van der Waals surface area contributed by atoms with E-state index in [-0.39, 0.29) is 0 Å². The van der Waals surface area contributed by atoms with Crippen molar-refractivity contribution in [1.82, 2.24) is 15.4 Å². The Hall–Kier alpha value is -1.14. The number of anilines is 1. The van der Waals surface area contributed by atoms with Crippen LogP contribution in [-0.4, -0.2) is 35.7 Å². The maximum absolute atomic E-state index is 5.64. The van der Waals surface area contributed by atoms with Crippen LogP contribution in [0.5, 0.6) is 0 Å². The van der Waals surface area contributed by atoms with Gasteiger partial charge in [-0.25, -0.2) is 5.84 Å². The molecule has 3 N–H and O–H groups in total. The zero-order valence-electron chi connectivity index (χ0n) is 7.03. The highest BCUT2D eigenvalue weighted by Crippen LogP contribution is 2.01. The summed E-state index contributed by atoms with van der Waals surface area (Å²) in [6, 6.07) is 0. The van der Waals surface area contributed by atoms with E-state index in [1.807, 2.05) is 0 Å². The van der Waals surface area contributed by atoms with Gasteiger partial charge in [0.25, 0.3) is 0 Å². The van der Waals surface area contributed by atoms with Crippen LogP contribution in [0, 0.1) is 0 Å². The predicted octanol–water partition coefficient (Wildman–Crippen LogP) is -0.479. The first-order valence-corrected chi connectivity index (χ1v) is 3.71. The van der Waals surface area contributed by atoms with E-state index in [0.29, 0.717) is 19.0 Å². The summed E-state index contributed by atoms with van der Waals surface area (Å²) in [4.78, 5) is 0. The van der Waals surface area contributed by atoms with E-state index in [0.717, 1.165) is 6.42 Å². The number of hydrogen-bond acceptors (Lipinski definition) is 5.